The largest absolute Gasteiger partial charge is 0.490 e. The number of ether oxygens (including phenoxy) is 1. The number of nitrogens with one attached hydrogen (secondary N) is 1. The zero-order chi connectivity index (χ0) is 16.0. The Morgan fingerprint density at radius 1 is 1.29 bits per heavy atom. The number of rotatable bonds is 4. The molecule has 0 aliphatic rings. The van der Waals surface area contributed by atoms with Gasteiger partial charge in [-0.05, 0) is 12.5 Å². The Morgan fingerprint density at radius 3 is 2.33 bits per heavy atom. The fourth-order valence-corrected chi connectivity index (χ4v) is 1.53. The fourth-order valence-electron chi connectivity index (χ4n) is 1.53. The zero-order valence-electron chi connectivity index (χ0n) is 11.2. The number of anilines is 1. The quantitative estimate of drug-likeness (QED) is 0.507. The molecule has 0 bridgehead atoms. The number of hydrogen-bond donors (Lipinski definition) is 1. The molecule has 0 radical (unpaired) electrons. The number of nitrogens with zero attached hydrogens (tertiary/aromatic N) is 4. The van der Waals surface area contributed by atoms with Crippen LogP contribution in [0.15, 0.2) is 23.4 Å². The Labute approximate surface area is 120 Å². The highest BCUT2D eigenvalue weighted by molar-refractivity contribution is 5.67. The van der Waals surface area contributed by atoms with Crippen molar-refractivity contribution in [3.05, 3.63) is 39.1 Å². The molecule has 0 spiro atoms. The summed E-state index contributed by atoms with van der Waals surface area (Å²) in [6.45, 7) is 1.59. The molecule has 21 heavy (non-hydrogen) atoms. The van der Waals surface area contributed by atoms with Crippen LogP contribution < -0.4 is 10.1 Å². The van der Waals surface area contributed by atoms with E-state index >= 15 is 0 Å². The van der Waals surface area contributed by atoms with Gasteiger partial charge in [-0.25, -0.2) is 0 Å². The van der Waals surface area contributed by atoms with E-state index in [0.717, 1.165) is 0 Å². The number of aryl methyl sites for hydroxylation is 1. The summed E-state index contributed by atoms with van der Waals surface area (Å²) < 4.78 is 4.92. The third kappa shape index (κ3) is 3.25. The van der Waals surface area contributed by atoms with E-state index in [9.17, 15) is 10.1 Å². The highest BCUT2D eigenvalue weighted by Crippen LogP contribution is 2.33. The summed E-state index contributed by atoms with van der Waals surface area (Å²) in [5.74, 6) is 0.000792. The highest BCUT2D eigenvalue weighted by atomic mass is 16.6. The van der Waals surface area contributed by atoms with Gasteiger partial charge in [0.2, 0.25) is 0 Å². The third-order valence-electron chi connectivity index (χ3n) is 2.57. The van der Waals surface area contributed by atoms with Gasteiger partial charge in [0.25, 0.3) is 0 Å². The van der Waals surface area contributed by atoms with Gasteiger partial charge in [-0.1, -0.05) is 0 Å². The molecule has 0 aliphatic heterocycles. The van der Waals surface area contributed by atoms with E-state index in [4.69, 9.17) is 20.5 Å². The summed E-state index contributed by atoms with van der Waals surface area (Å²) in [6, 6.07) is 7.50. The van der Waals surface area contributed by atoms with Crippen molar-refractivity contribution in [2.45, 2.75) is 6.92 Å². The van der Waals surface area contributed by atoms with Crippen molar-refractivity contribution in [3.8, 4) is 24.0 Å². The number of allylic oxidation sites excluding steroid dienone is 2. The van der Waals surface area contributed by atoms with Crippen LogP contribution in [0.3, 0.4) is 0 Å². The van der Waals surface area contributed by atoms with Crippen LogP contribution in [0.2, 0.25) is 0 Å². The first-order valence-corrected chi connectivity index (χ1v) is 5.53. The van der Waals surface area contributed by atoms with Gasteiger partial charge in [-0.15, -0.1) is 0 Å². The predicted octanol–water partition coefficient (Wildman–Crippen LogP) is 2.15. The van der Waals surface area contributed by atoms with Crippen LogP contribution in [-0.2, 0) is 0 Å². The number of nitro groups is 1. The van der Waals surface area contributed by atoms with E-state index in [-0.39, 0.29) is 22.7 Å². The van der Waals surface area contributed by atoms with Gasteiger partial charge in [0.05, 0.1) is 12.0 Å². The lowest BCUT2D eigenvalue weighted by atomic mass is 10.1. The standard InChI is InChI=1S/C13H9N5O3/c1-8-3-12(18(19)20)13(21-2)4-10(8)17-11(7-16)9(5-14)6-15/h3-4,17H,1-2H3. The van der Waals surface area contributed by atoms with Crippen molar-refractivity contribution >= 4 is 11.4 Å². The maximum absolute atomic E-state index is 10.9. The number of benzene rings is 1. The molecule has 0 unspecified atom stereocenters. The van der Waals surface area contributed by atoms with Gasteiger partial charge in [0, 0.05) is 17.8 Å². The molecule has 1 rings (SSSR count). The molecule has 1 aromatic carbocycles. The van der Waals surface area contributed by atoms with Crippen LogP contribution in [-0.4, -0.2) is 12.0 Å². The Kier molecular flexibility index (Phi) is 4.83. The van der Waals surface area contributed by atoms with E-state index < -0.39 is 4.92 Å². The molecule has 0 saturated heterocycles. The SMILES string of the molecule is COc1cc(NC(C#N)=C(C#N)C#N)c(C)cc1[N+](=O)[O-]. The van der Waals surface area contributed by atoms with E-state index in [0.29, 0.717) is 11.3 Å². The van der Waals surface area contributed by atoms with Crippen LogP contribution in [0.1, 0.15) is 5.56 Å². The molecule has 8 heteroatoms. The first-order chi connectivity index (χ1) is 9.98. The molecule has 0 atom stereocenters. The summed E-state index contributed by atoms with van der Waals surface area (Å²) in [5, 5.41) is 40.0. The Hall–Kier alpha value is -3.57. The second kappa shape index (κ2) is 6.55. The van der Waals surface area contributed by atoms with Gasteiger partial charge in [-0.3, -0.25) is 10.1 Å². The lowest BCUT2D eigenvalue weighted by Crippen LogP contribution is -2.04. The minimum absolute atomic E-state index is 0.000792. The van der Waals surface area contributed by atoms with Crippen molar-refractivity contribution in [3.63, 3.8) is 0 Å². The molecule has 0 amide bonds. The smallest absolute Gasteiger partial charge is 0.311 e. The second-order valence-electron chi connectivity index (χ2n) is 3.81. The van der Waals surface area contributed by atoms with Gasteiger partial charge in [0.1, 0.15) is 23.9 Å². The Morgan fingerprint density at radius 2 is 1.90 bits per heavy atom. The molecule has 1 N–H and O–H groups in total. The summed E-state index contributed by atoms with van der Waals surface area (Å²) >= 11 is 0. The van der Waals surface area contributed by atoms with E-state index in [2.05, 4.69) is 5.32 Å². The van der Waals surface area contributed by atoms with Crippen LogP contribution in [0.4, 0.5) is 11.4 Å². The molecule has 1 aromatic rings. The topological polar surface area (TPSA) is 136 Å². The first kappa shape index (κ1) is 15.5. The average Bonchev–Trinajstić information content (AvgIpc) is 2.48. The van der Waals surface area contributed by atoms with Crippen molar-refractivity contribution in [2.24, 2.45) is 0 Å². The molecule has 0 saturated carbocycles. The molecule has 0 aliphatic carbocycles. The molecular weight excluding hydrogens is 274 g/mol. The minimum atomic E-state index is -0.591. The van der Waals surface area contributed by atoms with Gasteiger partial charge >= 0.3 is 5.69 Å². The monoisotopic (exact) mass is 283 g/mol. The Bertz CT molecular complexity index is 731. The average molecular weight is 283 g/mol. The summed E-state index contributed by atoms with van der Waals surface area (Å²) in [7, 11) is 1.28. The maximum Gasteiger partial charge on any atom is 0.311 e. The highest BCUT2D eigenvalue weighted by Gasteiger charge is 2.18. The van der Waals surface area contributed by atoms with Crippen LogP contribution >= 0.6 is 0 Å². The normalized spacial score (nSPS) is 8.71. The third-order valence-corrected chi connectivity index (χ3v) is 2.57. The Balaban J connectivity index is 3.38. The second-order valence-corrected chi connectivity index (χ2v) is 3.81. The van der Waals surface area contributed by atoms with Crippen LogP contribution in [0, 0.1) is 51.0 Å². The van der Waals surface area contributed by atoms with Gasteiger partial charge in [-0.2, -0.15) is 15.8 Å². The molecule has 0 heterocycles. The molecule has 104 valence electrons. The molecule has 8 nitrogen and oxygen atoms in total. The number of hydrogen-bond acceptors (Lipinski definition) is 7. The summed E-state index contributed by atoms with van der Waals surface area (Å²) in [4.78, 5) is 10.3. The summed E-state index contributed by atoms with van der Waals surface area (Å²) in [6.07, 6.45) is 0. The molecule has 0 fully saturated rings. The van der Waals surface area contributed by atoms with Gasteiger partial charge in [0.15, 0.2) is 11.3 Å². The van der Waals surface area contributed by atoms with Crippen molar-refractivity contribution in [1.82, 2.24) is 0 Å². The lowest BCUT2D eigenvalue weighted by molar-refractivity contribution is -0.385. The van der Waals surface area contributed by atoms with Crippen molar-refractivity contribution in [1.29, 1.82) is 15.8 Å². The lowest BCUT2D eigenvalue weighted by Gasteiger charge is -2.10. The van der Waals surface area contributed by atoms with Gasteiger partial charge < -0.3 is 10.1 Å². The van der Waals surface area contributed by atoms with E-state index in [1.807, 2.05) is 0 Å². The summed E-state index contributed by atoms with van der Waals surface area (Å²) in [5.41, 5.74) is -0.0421. The van der Waals surface area contributed by atoms with Crippen molar-refractivity contribution in [2.75, 3.05) is 12.4 Å². The predicted molar refractivity (Wildman–Crippen MR) is 71.9 cm³/mol. The first-order valence-electron chi connectivity index (χ1n) is 5.53. The zero-order valence-corrected chi connectivity index (χ0v) is 11.2. The fraction of sp³-hybridized carbons (Fsp3) is 0.154. The van der Waals surface area contributed by atoms with Crippen LogP contribution in [0.5, 0.6) is 5.75 Å². The molecule has 0 aromatic heterocycles. The number of nitriles is 3. The maximum atomic E-state index is 10.9. The van der Waals surface area contributed by atoms with E-state index in [1.54, 1.807) is 25.1 Å². The van der Waals surface area contributed by atoms with Crippen molar-refractivity contribution < 1.29 is 9.66 Å². The minimum Gasteiger partial charge on any atom is -0.490 e. The van der Waals surface area contributed by atoms with Crippen LogP contribution in [0.25, 0.3) is 0 Å². The number of methoxy groups -OCH3 is 1. The van der Waals surface area contributed by atoms with E-state index in [1.165, 1.54) is 19.2 Å². The number of nitro benzene ring substituents is 1. The molecular formula is C13H9N5O3.